The fourth-order valence-corrected chi connectivity index (χ4v) is 3.28. The molecule has 1 aromatic heterocycles. The summed E-state index contributed by atoms with van der Waals surface area (Å²) in [5, 5.41) is 5.32. The van der Waals surface area contributed by atoms with Crippen molar-refractivity contribution < 1.29 is 14.3 Å². The summed E-state index contributed by atoms with van der Waals surface area (Å²) >= 11 is 1.39. The number of ether oxygens (including phenoxy) is 2. The Bertz CT molecular complexity index is 912. The van der Waals surface area contributed by atoms with Crippen molar-refractivity contribution in [3.05, 3.63) is 60.0 Å². The van der Waals surface area contributed by atoms with Crippen LogP contribution in [0.5, 0.6) is 11.5 Å². The molecule has 6 nitrogen and oxygen atoms in total. The van der Waals surface area contributed by atoms with Crippen LogP contribution in [-0.2, 0) is 4.79 Å². The zero-order valence-corrected chi connectivity index (χ0v) is 17.4. The predicted octanol–water partition coefficient (Wildman–Crippen LogP) is 4.16. The van der Waals surface area contributed by atoms with Crippen LogP contribution in [0.25, 0.3) is 11.3 Å². The van der Waals surface area contributed by atoms with Gasteiger partial charge in [-0.05, 0) is 38.4 Å². The van der Waals surface area contributed by atoms with Gasteiger partial charge in [-0.1, -0.05) is 30.3 Å². The first-order valence-corrected chi connectivity index (χ1v) is 10.3. The smallest absolute Gasteiger partial charge is 0.229 e. The van der Waals surface area contributed by atoms with E-state index >= 15 is 0 Å². The van der Waals surface area contributed by atoms with Gasteiger partial charge in [0.1, 0.15) is 18.1 Å². The summed E-state index contributed by atoms with van der Waals surface area (Å²) in [6, 6.07) is 17.2. The molecule has 0 aliphatic carbocycles. The number of benzene rings is 2. The second kappa shape index (κ2) is 10.6. The number of amides is 1. The van der Waals surface area contributed by atoms with Crippen LogP contribution in [0.2, 0.25) is 0 Å². The van der Waals surface area contributed by atoms with Gasteiger partial charge in [-0.25, -0.2) is 4.98 Å². The lowest BCUT2D eigenvalue weighted by Gasteiger charge is -2.13. The van der Waals surface area contributed by atoms with E-state index in [4.69, 9.17) is 9.47 Å². The molecule has 2 aromatic carbocycles. The Balaban J connectivity index is 1.54. The van der Waals surface area contributed by atoms with E-state index in [-0.39, 0.29) is 12.3 Å². The number of likely N-dealkylation sites (N-methyl/N-ethyl adjacent to an activating group) is 1. The van der Waals surface area contributed by atoms with Crippen molar-refractivity contribution in [3.8, 4) is 22.8 Å². The van der Waals surface area contributed by atoms with Gasteiger partial charge < -0.3 is 19.7 Å². The first-order valence-electron chi connectivity index (χ1n) is 9.42. The van der Waals surface area contributed by atoms with Crippen molar-refractivity contribution >= 4 is 22.4 Å². The Labute approximate surface area is 175 Å². The molecule has 0 unspecified atom stereocenters. The molecule has 152 valence electrons. The largest absolute Gasteiger partial charge is 0.493 e. The van der Waals surface area contributed by atoms with Crippen LogP contribution >= 0.6 is 11.3 Å². The van der Waals surface area contributed by atoms with Crippen LogP contribution in [-0.4, -0.2) is 49.6 Å². The number of hydrogen-bond acceptors (Lipinski definition) is 6. The van der Waals surface area contributed by atoms with E-state index in [0.29, 0.717) is 18.3 Å². The zero-order chi connectivity index (χ0) is 20.5. The molecule has 3 rings (SSSR count). The van der Waals surface area contributed by atoms with E-state index in [2.05, 4.69) is 15.2 Å². The monoisotopic (exact) mass is 411 g/mol. The second-order valence-corrected chi connectivity index (χ2v) is 7.50. The Morgan fingerprint density at radius 3 is 2.59 bits per heavy atom. The quantitative estimate of drug-likeness (QED) is 0.543. The van der Waals surface area contributed by atoms with E-state index in [1.54, 1.807) is 0 Å². The molecule has 1 heterocycles. The number of nitrogens with one attached hydrogen (secondary N) is 1. The van der Waals surface area contributed by atoms with Gasteiger partial charge in [0.05, 0.1) is 18.7 Å². The standard InChI is InChI=1S/C22H25N3O3S/c1-25(2)13-15-28-20-11-7-6-10-18(20)19-16-29-22(23-19)24-21(26)12-14-27-17-8-4-3-5-9-17/h3-11,16H,12-15H2,1-2H3,(H,23,24,26). The highest BCUT2D eigenvalue weighted by Crippen LogP contribution is 2.32. The van der Waals surface area contributed by atoms with Crippen LogP contribution in [0.3, 0.4) is 0 Å². The van der Waals surface area contributed by atoms with Gasteiger partial charge in [-0.15, -0.1) is 11.3 Å². The number of thiazole rings is 1. The second-order valence-electron chi connectivity index (χ2n) is 6.65. The molecule has 3 aromatic rings. The molecule has 0 aliphatic heterocycles. The summed E-state index contributed by atoms with van der Waals surface area (Å²) in [7, 11) is 4.02. The number of anilines is 1. The number of aromatic nitrogens is 1. The summed E-state index contributed by atoms with van der Waals surface area (Å²) in [6.45, 7) is 1.74. The van der Waals surface area contributed by atoms with Crippen molar-refractivity contribution in [2.75, 3.05) is 39.2 Å². The van der Waals surface area contributed by atoms with Gasteiger partial charge >= 0.3 is 0 Å². The van der Waals surface area contributed by atoms with Gasteiger partial charge in [0.25, 0.3) is 0 Å². The maximum Gasteiger partial charge on any atom is 0.229 e. The summed E-state index contributed by atoms with van der Waals surface area (Å²) < 4.78 is 11.5. The number of rotatable bonds is 10. The molecule has 0 spiro atoms. The summed E-state index contributed by atoms with van der Waals surface area (Å²) in [4.78, 5) is 18.8. The van der Waals surface area contributed by atoms with E-state index in [1.807, 2.05) is 74.1 Å². The van der Waals surface area contributed by atoms with E-state index < -0.39 is 0 Å². The van der Waals surface area contributed by atoms with Gasteiger partial charge in [-0.3, -0.25) is 4.79 Å². The van der Waals surface area contributed by atoms with Gasteiger partial charge in [-0.2, -0.15) is 0 Å². The Hall–Kier alpha value is -2.90. The number of nitrogens with zero attached hydrogens (tertiary/aromatic N) is 2. The Morgan fingerprint density at radius 1 is 1.03 bits per heavy atom. The summed E-state index contributed by atoms with van der Waals surface area (Å²) in [6.07, 6.45) is 0.258. The average molecular weight is 412 g/mol. The molecule has 1 amide bonds. The maximum atomic E-state index is 12.2. The lowest BCUT2D eigenvalue weighted by atomic mass is 10.1. The first kappa shape index (κ1) is 20.8. The van der Waals surface area contributed by atoms with Crippen LogP contribution in [0.4, 0.5) is 5.13 Å². The van der Waals surface area contributed by atoms with Gasteiger partial charge in [0.2, 0.25) is 5.91 Å². The van der Waals surface area contributed by atoms with Gasteiger partial charge in [0, 0.05) is 17.5 Å². The van der Waals surface area contributed by atoms with Crippen LogP contribution in [0, 0.1) is 0 Å². The SMILES string of the molecule is CN(C)CCOc1ccccc1-c1csc(NC(=O)CCOc2ccccc2)n1. The third kappa shape index (κ3) is 6.58. The fraction of sp³-hybridized carbons (Fsp3) is 0.273. The predicted molar refractivity (Wildman–Crippen MR) is 117 cm³/mol. The molecule has 7 heteroatoms. The Kier molecular flexibility index (Phi) is 7.61. The van der Waals surface area contributed by atoms with E-state index in [0.717, 1.165) is 29.3 Å². The highest BCUT2D eigenvalue weighted by Gasteiger charge is 2.12. The normalized spacial score (nSPS) is 10.7. The van der Waals surface area contributed by atoms with E-state index in [9.17, 15) is 4.79 Å². The van der Waals surface area contributed by atoms with Crippen molar-refractivity contribution in [2.24, 2.45) is 0 Å². The minimum absolute atomic E-state index is 0.127. The number of hydrogen-bond donors (Lipinski definition) is 1. The van der Waals surface area contributed by atoms with Crippen LogP contribution < -0.4 is 14.8 Å². The van der Waals surface area contributed by atoms with Crippen LogP contribution in [0.15, 0.2) is 60.0 Å². The number of carbonyl (C=O) groups is 1. The molecule has 0 radical (unpaired) electrons. The molecule has 0 aliphatic rings. The lowest BCUT2D eigenvalue weighted by molar-refractivity contribution is -0.116. The minimum Gasteiger partial charge on any atom is -0.493 e. The van der Waals surface area contributed by atoms with Crippen LogP contribution in [0.1, 0.15) is 6.42 Å². The summed E-state index contributed by atoms with van der Waals surface area (Å²) in [5.41, 5.74) is 1.70. The Morgan fingerprint density at radius 2 is 1.79 bits per heavy atom. The molecule has 0 atom stereocenters. The number of carbonyl (C=O) groups excluding carboxylic acids is 1. The van der Waals surface area contributed by atoms with Gasteiger partial charge in [0.15, 0.2) is 5.13 Å². The van der Waals surface area contributed by atoms with Crippen molar-refractivity contribution in [2.45, 2.75) is 6.42 Å². The molecule has 0 fully saturated rings. The average Bonchev–Trinajstić information content (AvgIpc) is 3.17. The molecule has 1 N–H and O–H groups in total. The third-order valence-corrected chi connectivity index (χ3v) is 4.81. The lowest BCUT2D eigenvalue weighted by Crippen LogP contribution is -2.19. The minimum atomic E-state index is -0.127. The van der Waals surface area contributed by atoms with Crippen molar-refractivity contribution in [3.63, 3.8) is 0 Å². The highest BCUT2D eigenvalue weighted by atomic mass is 32.1. The highest BCUT2D eigenvalue weighted by molar-refractivity contribution is 7.14. The molecule has 0 saturated carbocycles. The first-order chi connectivity index (χ1) is 14.1. The third-order valence-electron chi connectivity index (χ3n) is 4.05. The molecule has 0 saturated heterocycles. The fourth-order valence-electron chi connectivity index (χ4n) is 2.56. The molecule has 0 bridgehead atoms. The zero-order valence-electron chi connectivity index (χ0n) is 16.6. The summed E-state index contributed by atoms with van der Waals surface area (Å²) in [5.74, 6) is 1.41. The molecular weight excluding hydrogens is 386 g/mol. The molecule has 29 heavy (non-hydrogen) atoms. The van der Waals surface area contributed by atoms with Crippen molar-refractivity contribution in [1.82, 2.24) is 9.88 Å². The maximum absolute atomic E-state index is 12.2. The number of para-hydroxylation sites is 2. The molecular formula is C22H25N3O3S. The van der Waals surface area contributed by atoms with E-state index in [1.165, 1.54) is 11.3 Å². The van der Waals surface area contributed by atoms with Crippen molar-refractivity contribution in [1.29, 1.82) is 0 Å². The topological polar surface area (TPSA) is 63.7 Å².